The van der Waals surface area contributed by atoms with Gasteiger partial charge in [-0.25, -0.2) is 0 Å². The van der Waals surface area contributed by atoms with Gasteiger partial charge in [0.2, 0.25) is 0 Å². The number of nitrogens with one attached hydrogen (secondary N) is 1. The zero-order valence-corrected chi connectivity index (χ0v) is 13.2. The van der Waals surface area contributed by atoms with Crippen molar-refractivity contribution in [2.24, 2.45) is 0 Å². The molecule has 0 aliphatic carbocycles. The van der Waals surface area contributed by atoms with E-state index in [0.717, 1.165) is 10.0 Å². The van der Waals surface area contributed by atoms with E-state index in [4.69, 9.17) is 11.6 Å². The minimum Gasteiger partial charge on any atom is -0.322 e. The molecule has 2 aromatic carbocycles. The number of amides is 1. The van der Waals surface area contributed by atoms with Crippen LogP contribution in [-0.2, 0) is 0 Å². The van der Waals surface area contributed by atoms with Crippen LogP contribution in [0.2, 0.25) is 5.02 Å². The molecule has 0 saturated heterocycles. The van der Waals surface area contributed by atoms with E-state index in [9.17, 15) is 14.9 Å². The normalized spacial score (nSPS) is 10.2. The van der Waals surface area contributed by atoms with E-state index < -0.39 is 4.92 Å². The Balaban J connectivity index is 2.26. The van der Waals surface area contributed by atoms with Gasteiger partial charge in [-0.05, 0) is 36.8 Å². The zero-order chi connectivity index (χ0) is 15.6. The van der Waals surface area contributed by atoms with Crippen LogP contribution in [0.4, 0.5) is 11.4 Å². The van der Waals surface area contributed by atoms with Gasteiger partial charge in [-0.15, -0.1) is 0 Å². The number of anilines is 1. The Bertz CT molecular complexity index is 734. The molecule has 0 heterocycles. The molecule has 0 aliphatic heterocycles. The summed E-state index contributed by atoms with van der Waals surface area (Å²) in [5.74, 6) is -0.307. The lowest BCUT2D eigenvalue weighted by Gasteiger charge is -2.09. The number of carbonyl (C=O) groups excluding carboxylic acids is 1. The Morgan fingerprint density at radius 2 is 2.05 bits per heavy atom. The van der Waals surface area contributed by atoms with Crippen molar-refractivity contribution in [1.82, 2.24) is 0 Å². The predicted octanol–water partition coefficient (Wildman–Crippen LogP) is 4.57. The monoisotopic (exact) mass is 368 g/mol. The van der Waals surface area contributed by atoms with Gasteiger partial charge < -0.3 is 5.32 Å². The molecule has 0 atom stereocenters. The Kier molecular flexibility index (Phi) is 4.59. The van der Waals surface area contributed by atoms with Gasteiger partial charge in [0.25, 0.3) is 11.6 Å². The first-order chi connectivity index (χ1) is 9.90. The second-order valence-corrected chi connectivity index (χ2v) is 5.55. The maximum atomic E-state index is 12.2. The number of carbonyl (C=O) groups is 1. The zero-order valence-electron chi connectivity index (χ0n) is 10.9. The molecule has 0 unspecified atom stereocenters. The van der Waals surface area contributed by atoms with Crippen LogP contribution < -0.4 is 5.32 Å². The van der Waals surface area contributed by atoms with E-state index >= 15 is 0 Å². The van der Waals surface area contributed by atoms with Crippen LogP contribution in [0.25, 0.3) is 0 Å². The van der Waals surface area contributed by atoms with Crippen molar-refractivity contribution in [3.8, 4) is 0 Å². The number of nitro groups is 1. The molecule has 1 N–H and O–H groups in total. The summed E-state index contributed by atoms with van der Waals surface area (Å²) in [7, 11) is 0. The fraction of sp³-hybridized carbons (Fsp3) is 0.0714. The Labute approximate surface area is 134 Å². The molecule has 2 aromatic rings. The summed E-state index contributed by atoms with van der Waals surface area (Å²) >= 11 is 9.17. The van der Waals surface area contributed by atoms with Crippen molar-refractivity contribution in [2.75, 3.05) is 5.32 Å². The number of nitro benzene ring substituents is 1. The lowest BCUT2D eigenvalue weighted by molar-refractivity contribution is -0.384. The Morgan fingerprint density at radius 3 is 2.67 bits per heavy atom. The van der Waals surface area contributed by atoms with Gasteiger partial charge in [-0.1, -0.05) is 33.6 Å². The van der Waals surface area contributed by atoms with Crippen LogP contribution in [0, 0.1) is 17.0 Å². The fourth-order valence-corrected chi connectivity index (χ4v) is 2.40. The first-order valence-electron chi connectivity index (χ1n) is 5.90. The van der Waals surface area contributed by atoms with Crippen molar-refractivity contribution >= 4 is 44.8 Å². The molecule has 1 amide bonds. The van der Waals surface area contributed by atoms with Gasteiger partial charge in [0.05, 0.1) is 4.92 Å². The molecule has 0 radical (unpaired) electrons. The third-order valence-corrected chi connectivity index (χ3v) is 4.08. The fourth-order valence-electron chi connectivity index (χ4n) is 1.78. The molecule has 5 nitrogen and oxygen atoms in total. The molecule has 7 heteroatoms. The third-order valence-electron chi connectivity index (χ3n) is 2.91. The van der Waals surface area contributed by atoms with E-state index in [1.165, 1.54) is 18.2 Å². The number of hydrogen-bond donors (Lipinski definition) is 1. The van der Waals surface area contributed by atoms with Crippen molar-refractivity contribution < 1.29 is 9.72 Å². The highest BCUT2D eigenvalue weighted by atomic mass is 79.9. The van der Waals surface area contributed by atoms with Gasteiger partial charge in [0, 0.05) is 21.8 Å². The number of halogens is 2. The van der Waals surface area contributed by atoms with Crippen LogP contribution in [0.3, 0.4) is 0 Å². The minimum absolute atomic E-state index is 0.0243. The number of hydrogen-bond acceptors (Lipinski definition) is 3. The van der Waals surface area contributed by atoms with E-state index in [1.54, 1.807) is 12.1 Å². The average molecular weight is 370 g/mol. The SMILES string of the molecule is Cc1c(Br)cccc1C(=O)Nc1ccc([N+](=O)[O-])c(Cl)c1. The summed E-state index contributed by atoms with van der Waals surface area (Å²) in [4.78, 5) is 22.3. The standard InChI is InChI=1S/C14H10BrClN2O3/c1-8-10(3-2-4-11(8)15)14(19)17-9-5-6-13(18(20)21)12(16)7-9/h2-7H,1H3,(H,17,19). The second-order valence-electron chi connectivity index (χ2n) is 4.29. The van der Waals surface area contributed by atoms with Crippen LogP contribution in [0.5, 0.6) is 0 Å². The Hall–Kier alpha value is -1.92. The lowest BCUT2D eigenvalue weighted by atomic mass is 10.1. The van der Waals surface area contributed by atoms with Crippen LogP contribution in [0.15, 0.2) is 40.9 Å². The quantitative estimate of drug-likeness (QED) is 0.636. The molecule has 108 valence electrons. The molecular weight excluding hydrogens is 360 g/mol. The van der Waals surface area contributed by atoms with E-state index in [2.05, 4.69) is 21.2 Å². The van der Waals surface area contributed by atoms with Crippen LogP contribution in [-0.4, -0.2) is 10.8 Å². The van der Waals surface area contributed by atoms with Crippen molar-refractivity contribution in [3.05, 3.63) is 67.1 Å². The highest BCUT2D eigenvalue weighted by Crippen LogP contribution is 2.28. The molecule has 0 saturated carbocycles. The van der Waals surface area contributed by atoms with Crippen LogP contribution >= 0.6 is 27.5 Å². The van der Waals surface area contributed by atoms with Gasteiger partial charge in [0.1, 0.15) is 5.02 Å². The number of rotatable bonds is 3. The van der Waals surface area contributed by atoms with E-state index in [0.29, 0.717) is 11.3 Å². The largest absolute Gasteiger partial charge is 0.322 e. The molecule has 0 aliphatic rings. The summed E-state index contributed by atoms with van der Waals surface area (Å²) in [6.07, 6.45) is 0. The van der Waals surface area contributed by atoms with Crippen LogP contribution in [0.1, 0.15) is 15.9 Å². The summed E-state index contributed by atoms with van der Waals surface area (Å²) in [5.41, 5.74) is 1.52. The van der Waals surface area contributed by atoms with Gasteiger partial charge in [-0.3, -0.25) is 14.9 Å². The predicted molar refractivity (Wildman–Crippen MR) is 84.9 cm³/mol. The van der Waals surface area contributed by atoms with Gasteiger partial charge in [0.15, 0.2) is 0 Å². The molecule has 0 spiro atoms. The molecule has 2 rings (SSSR count). The first-order valence-corrected chi connectivity index (χ1v) is 7.07. The summed E-state index contributed by atoms with van der Waals surface area (Å²) in [6.45, 7) is 1.82. The Morgan fingerprint density at radius 1 is 1.33 bits per heavy atom. The third kappa shape index (κ3) is 3.40. The summed E-state index contributed by atoms with van der Waals surface area (Å²) < 4.78 is 0.830. The summed E-state index contributed by atoms with van der Waals surface area (Å²) in [6, 6.07) is 9.35. The van der Waals surface area contributed by atoms with Crippen molar-refractivity contribution in [3.63, 3.8) is 0 Å². The second kappa shape index (κ2) is 6.24. The highest BCUT2D eigenvalue weighted by Gasteiger charge is 2.15. The molecule has 21 heavy (non-hydrogen) atoms. The molecule has 0 aromatic heterocycles. The number of benzene rings is 2. The topological polar surface area (TPSA) is 72.2 Å². The van der Waals surface area contributed by atoms with E-state index in [1.807, 2.05) is 13.0 Å². The highest BCUT2D eigenvalue weighted by molar-refractivity contribution is 9.10. The molecule has 0 bridgehead atoms. The lowest BCUT2D eigenvalue weighted by Crippen LogP contribution is -2.13. The van der Waals surface area contributed by atoms with Crippen molar-refractivity contribution in [1.29, 1.82) is 0 Å². The smallest absolute Gasteiger partial charge is 0.288 e. The number of nitrogens with zero attached hydrogens (tertiary/aromatic N) is 1. The van der Waals surface area contributed by atoms with E-state index in [-0.39, 0.29) is 16.6 Å². The maximum Gasteiger partial charge on any atom is 0.288 e. The first kappa shape index (κ1) is 15.5. The van der Waals surface area contributed by atoms with Gasteiger partial charge in [-0.2, -0.15) is 0 Å². The molecule has 0 fully saturated rings. The maximum absolute atomic E-state index is 12.2. The minimum atomic E-state index is -0.577. The average Bonchev–Trinajstić information content (AvgIpc) is 2.41. The molecular formula is C14H10BrClN2O3. The summed E-state index contributed by atoms with van der Waals surface area (Å²) in [5, 5.41) is 13.3. The van der Waals surface area contributed by atoms with Crippen molar-refractivity contribution in [2.45, 2.75) is 6.92 Å². The van der Waals surface area contributed by atoms with Gasteiger partial charge >= 0.3 is 0 Å².